The second kappa shape index (κ2) is 5.69. The molecule has 1 N–H and O–H groups in total. The molecule has 0 saturated carbocycles. The Morgan fingerprint density at radius 2 is 1.74 bits per heavy atom. The van der Waals surface area contributed by atoms with Crippen LogP contribution in [0.3, 0.4) is 0 Å². The van der Waals surface area contributed by atoms with Gasteiger partial charge in [0.1, 0.15) is 0 Å². The van der Waals surface area contributed by atoms with Gasteiger partial charge in [-0.25, -0.2) is 8.78 Å². The first-order valence-electron chi connectivity index (χ1n) is 6.02. The van der Waals surface area contributed by atoms with E-state index < -0.39 is 11.6 Å². The highest BCUT2D eigenvalue weighted by molar-refractivity contribution is 5.69. The molecule has 0 aliphatic carbocycles. The molecule has 2 nitrogen and oxygen atoms in total. The molecule has 100 valence electrons. The van der Waals surface area contributed by atoms with Crippen LogP contribution in [0.15, 0.2) is 42.5 Å². The Morgan fingerprint density at radius 1 is 1.00 bits per heavy atom. The smallest absolute Gasteiger partial charge is 0.163 e. The summed E-state index contributed by atoms with van der Waals surface area (Å²) in [4.78, 5) is 1.96. The topological polar surface area (TPSA) is 15.3 Å². The largest absolute Gasteiger partial charge is 0.379 e. The number of para-hydroxylation sites is 2. The minimum Gasteiger partial charge on any atom is -0.379 e. The number of nitrogens with one attached hydrogen (secondary N) is 1. The summed E-state index contributed by atoms with van der Waals surface area (Å²) in [6, 6.07) is 11.9. The van der Waals surface area contributed by atoms with E-state index in [0.717, 1.165) is 17.4 Å². The quantitative estimate of drug-likeness (QED) is 0.905. The van der Waals surface area contributed by atoms with Gasteiger partial charge in [-0.1, -0.05) is 24.3 Å². The Hall–Kier alpha value is -2.10. The van der Waals surface area contributed by atoms with Crippen molar-refractivity contribution >= 4 is 11.4 Å². The maximum Gasteiger partial charge on any atom is 0.163 e. The van der Waals surface area contributed by atoms with E-state index in [2.05, 4.69) is 5.32 Å². The maximum atomic E-state index is 13.5. The predicted molar refractivity (Wildman–Crippen MR) is 74.5 cm³/mol. The highest BCUT2D eigenvalue weighted by Crippen LogP contribution is 2.24. The maximum absolute atomic E-state index is 13.5. The zero-order chi connectivity index (χ0) is 13.8. The van der Waals surface area contributed by atoms with Crippen LogP contribution in [0.4, 0.5) is 20.2 Å². The third-order valence-corrected chi connectivity index (χ3v) is 2.89. The van der Waals surface area contributed by atoms with Crippen LogP contribution in [0, 0.1) is 11.6 Å². The lowest BCUT2D eigenvalue weighted by Crippen LogP contribution is -2.12. The van der Waals surface area contributed by atoms with Crippen LogP contribution in [0.25, 0.3) is 0 Å². The fourth-order valence-electron chi connectivity index (χ4n) is 1.89. The lowest BCUT2D eigenvalue weighted by Gasteiger charge is -2.18. The van der Waals surface area contributed by atoms with E-state index in [1.165, 1.54) is 6.07 Å². The van der Waals surface area contributed by atoms with E-state index in [0.29, 0.717) is 5.56 Å². The molecule has 0 unspecified atom stereocenters. The number of rotatable bonds is 4. The molecule has 0 saturated heterocycles. The van der Waals surface area contributed by atoms with Gasteiger partial charge in [0.2, 0.25) is 0 Å². The van der Waals surface area contributed by atoms with Crippen molar-refractivity contribution in [1.82, 2.24) is 0 Å². The van der Waals surface area contributed by atoms with Crippen LogP contribution >= 0.6 is 0 Å². The summed E-state index contributed by atoms with van der Waals surface area (Å²) in [5.41, 5.74) is 2.20. The molecule has 0 bridgehead atoms. The second-order valence-electron chi connectivity index (χ2n) is 4.48. The van der Waals surface area contributed by atoms with E-state index >= 15 is 0 Å². The summed E-state index contributed by atoms with van der Waals surface area (Å²) in [5.74, 6) is -1.61. The fourth-order valence-corrected chi connectivity index (χ4v) is 1.89. The van der Waals surface area contributed by atoms with Crippen LogP contribution in [-0.2, 0) is 6.54 Å². The molecule has 19 heavy (non-hydrogen) atoms. The lowest BCUT2D eigenvalue weighted by molar-refractivity contribution is 0.500. The van der Waals surface area contributed by atoms with Crippen molar-refractivity contribution in [1.29, 1.82) is 0 Å². The van der Waals surface area contributed by atoms with Crippen molar-refractivity contribution in [2.24, 2.45) is 0 Å². The molecule has 4 heteroatoms. The first kappa shape index (κ1) is 13.3. The van der Waals surface area contributed by atoms with Gasteiger partial charge in [0.25, 0.3) is 0 Å². The fraction of sp³-hybridized carbons (Fsp3) is 0.200. The molecule has 0 aliphatic rings. The molecule has 0 heterocycles. The molecule has 0 amide bonds. The van der Waals surface area contributed by atoms with Gasteiger partial charge >= 0.3 is 0 Å². The van der Waals surface area contributed by atoms with E-state index in [4.69, 9.17) is 0 Å². The van der Waals surface area contributed by atoms with E-state index in [1.54, 1.807) is 6.07 Å². The third kappa shape index (κ3) is 3.02. The van der Waals surface area contributed by atoms with Crippen molar-refractivity contribution in [2.75, 3.05) is 24.3 Å². The molecular weight excluding hydrogens is 246 g/mol. The number of hydrogen-bond donors (Lipinski definition) is 1. The Balaban J connectivity index is 2.17. The van der Waals surface area contributed by atoms with E-state index in [9.17, 15) is 8.78 Å². The summed E-state index contributed by atoms with van der Waals surface area (Å²) in [5, 5.41) is 3.13. The third-order valence-electron chi connectivity index (χ3n) is 2.89. The first-order chi connectivity index (χ1) is 9.09. The average molecular weight is 262 g/mol. The number of nitrogens with zero attached hydrogens (tertiary/aromatic N) is 1. The van der Waals surface area contributed by atoms with Crippen LogP contribution in [0.1, 0.15) is 5.56 Å². The van der Waals surface area contributed by atoms with Gasteiger partial charge in [0.15, 0.2) is 11.6 Å². The number of anilines is 2. The molecule has 2 aromatic carbocycles. The SMILES string of the molecule is CN(C)c1ccccc1NCc1cccc(F)c1F. The van der Waals surface area contributed by atoms with Crippen LogP contribution < -0.4 is 10.2 Å². The van der Waals surface area contributed by atoms with Gasteiger partial charge in [-0.3, -0.25) is 0 Å². The van der Waals surface area contributed by atoms with E-state index in [1.807, 2.05) is 43.3 Å². The van der Waals surface area contributed by atoms with Gasteiger partial charge in [-0.15, -0.1) is 0 Å². The number of hydrogen-bond acceptors (Lipinski definition) is 2. The Morgan fingerprint density at radius 3 is 2.47 bits per heavy atom. The van der Waals surface area contributed by atoms with E-state index in [-0.39, 0.29) is 6.54 Å². The number of benzene rings is 2. The minimum atomic E-state index is -0.819. The van der Waals surface area contributed by atoms with Gasteiger partial charge in [-0.05, 0) is 18.2 Å². The molecular formula is C15H16F2N2. The van der Waals surface area contributed by atoms with Gasteiger partial charge in [0, 0.05) is 26.2 Å². The minimum absolute atomic E-state index is 0.244. The van der Waals surface area contributed by atoms with Crippen LogP contribution in [-0.4, -0.2) is 14.1 Å². The summed E-state index contributed by atoms with van der Waals surface area (Å²) in [6.45, 7) is 0.244. The van der Waals surface area contributed by atoms with Crippen LogP contribution in [0.5, 0.6) is 0 Å². The molecule has 2 aromatic rings. The second-order valence-corrected chi connectivity index (χ2v) is 4.48. The summed E-state index contributed by atoms with van der Waals surface area (Å²) < 4.78 is 26.6. The number of halogens is 2. The standard InChI is InChI=1S/C15H16F2N2/c1-19(2)14-9-4-3-8-13(14)18-10-11-6-5-7-12(16)15(11)17/h3-9,18H,10H2,1-2H3. The summed E-state index contributed by atoms with van der Waals surface area (Å²) >= 11 is 0. The Bertz CT molecular complexity index is 568. The van der Waals surface area contributed by atoms with Crippen molar-refractivity contribution < 1.29 is 8.78 Å². The van der Waals surface area contributed by atoms with Gasteiger partial charge in [-0.2, -0.15) is 0 Å². The van der Waals surface area contributed by atoms with Gasteiger partial charge in [0.05, 0.1) is 11.4 Å². The van der Waals surface area contributed by atoms with Crippen molar-refractivity contribution in [2.45, 2.75) is 6.54 Å². The molecule has 0 spiro atoms. The molecule has 0 fully saturated rings. The lowest BCUT2D eigenvalue weighted by atomic mass is 10.2. The molecule has 0 aliphatic heterocycles. The van der Waals surface area contributed by atoms with Crippen molar-refractivity contribution in [3.63, 3.8) is 0 Å². The molecule has 2 rings (SSSR count). The Labute approximate surface area is 111 Å². The zero-order valence-electron chi connectivity index (χ0n) is 11.0. The molecule has 0 atom stereocenters. The normalized spacial score (nSPS) is 10.3. The van der Waals surface area contributed by atoms with Crippen molar-refractivity contribution in [3.8, 4) is 0 Å². The summed E-state index contributed by atoms with van der Waals surface area (Å²) in [6.07, 6.45) is 0. The Kier molecular flexibility index (Phi) is 4.00. The molecule has 0 aromatic heterocycles. The van der Waals surface area contributed by atoms with Gasteiger partial charge < -0.3 is 10.2 Å². The van der Waals surface area contributed by atoms with Crippen molar-refractivity contribution in [3.05, 3.63) is 59.7 Å². The zero-order valence-corrected chi connectivity index (χ0v) is 11.0. The highest BCUT2D eigenvalue weighted by Gasteiger charge is 2.08. The van der Waals surface area contributed by atoms with Crippen LogP contribution in [0.2, 0.25) is 0 Å². The molecule has 0 radical (unpaired) electrons. The predicted octanol–water partition coefficient (Wildman–Crippen LogP) is 3.64. The average Bonchev–Trinajstić information content (AvgIpc) is 2.40. The monoisotopic (exact) mass is 262 g/mol. The summed E-state index contributed by atoms with van der Waals surface area (Å²) in [7, 11) is 3.87. The first-order valence-corrected chi connectivity index (χ1v) is 6.02. The highest BCUT2D eigenvalue weighted by atomic mass is 19.2.